The maximum Gasteiger partial charge on any atom is 0.278 e. The highest BCUT2D eigenvalue weighted by Gasteiger charge is 2.32. The predicted octanol–water partition coefficient (Wildman–Crippen LogP) is 2.35. The number of fused-ring (bicyclic) bond motifs is 1. The topological polar surface area (TPSA) is 71.7 Å². The van der Waals surface area contributed by atoms with Gasteiger partial charge in [-0.25, -0.2) is 4.63 Å². The van der Waals surface area contributed by atoms with E-state index in [0.29, 0.717) is 43.0 Å². The molecule has 0 unspecified atom stereocenters. The van der Waals surface area contributed by atoms with E-state index in [2.05, 4.69) is 39.5 Å². The number of piperidine rings is 1. The van der Waals surface area contributed by atoms with Crippen molar-refractivity contribution in [1.29, 1.82) is 0 Å². The fourth-order valence-corrected chi connectivity index (χ4v) is 4.74. The maximum atomic E-state index is 13.0. The second-order valence-corrected chi connectivity index (χ2v) is 8.28. The minimum Gasteiger partial charge on any atom is -0.383 e. The molecule has 1 fully saturated rings. The van der Waals surface area contributed by atoms with E-state index in [1.165, 1.54) is 17.5 Å². The number of aryl methyl sites for hydroxylation is 1. The molecule has 2 aromatic rings. The second kappa shape index (κ2) is 9.05. The van der Waals surface area contributed by atoms with Crippen molar-refractivity contribution >= 4 is 5.91 Å². The highest BCUT2D eigenvalue weighted by atomic mass is 16.6. The third-order valence-electron chi connectivity index (χ3n) is 6.28. The van der Waals surface area contributed by atoms with E-state index in [1.807, 2.05) is 4.90 Å². The van der Waals surface area contributed by atoms with Crippen LogP contribution in [-0.4, -0.2) is 72.0 Å². The number of likely N-dealkylation sites (tertiary alicyclic amines) is 1. The van der Waals surface area contributed by atoms with E-state index in [0.717, 1.165) is 32.4 Å². The normalized spacial score (nSPS) is 20.0. The molecule has 1 aromatic heterocycles. The van der Waals surface area contributed by atoms with Crippen molar-refractivity contribution in [2.75, 3.05) is 39.9 Å². The van der Waals surface area contributed by atoms with Crippen molar-refractivity contribution in [3.8, 4) is 0 Å². The molecule has 1 aliphatic carbocycles. The highest BCUT2D eigenvalue weighted by Crippen LogP contribution is 2.29. The smallest absolute Gasteiger partial charge is 0.278 e. The first kappa shape index (κ1) is 20.0. The van der Waals surface area contributed by atoms with Crippen LogP contribution in [-0.2, 0) is 17.6 Å². The number of carbonyl (C=O) groups excluding carboxylic acids is 1. The summed E-state index contributed by atoms with van der Waals surface area (Å²) in [7, 11) is 1.66. The molecule has 1 aliphatic heterocycles. The molecule has 0 N–H and O–H groups in total. The van der Waals surface area contributed by atoms with Crippen molar-refractivity contribution in [2.45, 2.75) is 38.6 Å². The predicted molar refractivity (Wildman–Crippen MR) is 109 cm³/mol. The molecule has 0 bridgehead atoms. The van der Waals surface area contributed by atoms with Gasteiger partial charge in [0.15, 0.2) is 5.69 Å². The Labute approximate surface area is 172 Å². The molecule has 0 radical (unpaired) electrons. The molecule has 1 amide bonds. The van der Waals surface area contributed by atoms with Crippen LogP contribution in [0.3, 0.4) is 0 Å². The van der Waals surface area contributed by atoms with Crippen LogP contribution in [0.1, 0.15) is 40.2 Å². The van der Waals surface area contributed by atoms with Crippen molar-refractivity contribution in [3.63, 3.8) is 0 Å². The lowest BCUT2D eigenvalue weighted by Crippen LogP contribution is -2.47. The Bertz CT molecular complexity index is 812. The van der Waals surface area contributed by atoms with Gasteiger partial charge in [-0.1, -0.05) is 29.4 Å². The van der Waals surface area contributed by atoms with Crippen LogP contribution < -0.4 is 0 Å². The van der Waals surface area contributed by atoms with Gasteiger partial charge in [0.05, 0.1) is 6.61 Å². The monoisotopic (exact) mass is 398 g/mol. The number of rotatable bonds is 7. The van der Waals surface area contributed by atoms with Crippen LogP contribution in [0.4, 0.5) is 0 Å². The molecule has 156 valence electrons. The molecular weight excluding hydrogens is 368 g/mol. The average Bonchev–Trinajstić information content (AvgIpc) is 3.37. The minimum atomic E-state index is -0.119. The molecule has 2 heterocycles. The number of hydrogen-bond donors (Lipinski definition) is 0. The lowest BCUT2D eigenvalue weighted by atomic mass is 9.95. The van der Waals surface area contributed by atoms with Gasteiger partial charge in [0, 0.05) is 32.8 Å². The second-order valence-electron chi connectivity index (χ2n) is 8.28. The van der Waals surface area contributed by atoms with Crippen molar-refractivity contribution < 1.29 is 14.2 Å². The first-order valence-electron chi connectivity index (χ1n) is 10.5. The summed E-state index contributed by atoms with van der Waals surface area (Å²) in [4.78, 5) is 17.5. The SMILES string of the molecule is COCCN(C[C@@H]1CCCN(C2Cc3ccccc3C2)C1)C(=O)c1nonc1C. The fourth-order valence-electron chi connectivity index (χ4n) is 4.74. The molecule has 0 spiro atoms. The van der Waals surface area contributed by atoms with Crippen LogP contribution >= 0.6 is 0 Å². The summed E-state index contributed by atoms with van der Waals surface area (Å²) in [6, 6.07) is 9.38. The lowest BCUT2D eigenvalue weighted by molar-refractivity contribution is 0.0564. The van der Waals surface area contributed by atoms with Crippen LogP contribution in [0.5, 0.6) is 0 Å². The first-order valence-corrected chi connectivity index (χ1v) is 10.5. The van der Waals surface area contributed by atoms with Gasteiger partial charge >= 0.3 is 0 Å². The zero-order chi connectivity index (χ0) is 20.2. The summed E-state index contributed by atoms with van der Waals surface area (Å²) in [5.41, 5.74) is 3.82. The third kappa shape index (κ3) is 4.51. The van der Waals surface area contributed by atoms with Gasteiger partial charge in [0.1, 0.15) is 5.69 Å². The molecule has 7 heteroatoms. The van der Waals surface area contributed by atoms with Crippen LogP contribution in [0.2, 0.25) is 0 Å². The molecule has 7 nitrogen and oxygen atoms in total. The molecule has 4 rings (SSSR count). The number of nitrogens with zero attached hydrogens (tertiary/aromatic N) is 4. The Balaban J connectivity index is 1.40. The van der Waals surface area contributed by atoms with Gasteiger partial charge < -0.3 is 9.64 Å². The van der Waals surface area contributed by atoms with Gasteiger partial charge in [-0.3, -0.25) is 9.69 Å². The van der Waals surface area contributed by atoms with Crippen molar-refractivity contribution in [3.05, 3.63) is 46.8 Å². The number of methoxy groups -OCH3 is 1. The summed E-state index contributed by atoms with van der Waals surface area (Å²) >= 11 is 0. The Hall–Kier alpha value is -2.25. The van der Waals surface area contributed by atoms with E-state index < -0.39 is 0 Å². The Kier molecular flexibility index (Phi) is 6.25. The molecular formula is C22H30N4O3. The number of aromatic nitrogens is 2. The molecule has 1 atom stereocenters. The summed E-state index contributed by atoms with van der Waals surface area (Å²) in [6.07, 6.45) is 4.59. The van der Waals surface area contributed by atoms with E-state index in [1.54, 1.807) is 14.0 Å². The van der Waals surface area contributed by atoms with Gasteiger partial charge in [-0.05, 0) is 61.4 Å². The van der Waals surface area contributed by atoms with Gasteiger partial charge in [-0.15, -0.1) is 0 Å². The lowest BCUT2D eigenvalue weighted by Gasteiger charge is -2.38. The molecule has 1 aromatic carbocycles. The average molecular weight is 399 g/mol. The standard InChI is InChI=1S/C22H30N4O3/c1-16-21(24-29-23-16)22(27)26(10-11-28-2)15-17-6-5-9-25(14-17)20-12-18-7-3-4-8-19(18)13-20/h3-4,7-8,17,20H,5-6,9-15H2,1-2H3/t17-/m1/s1. The first-order chi connectivity index (χ1) is 14.2. The largest absolute Gasteiger partial charge is 0.383 e. The Morgan fingerprint density at radius 3 is 2.69 bits per heavy atom. The fraction of sp³-hybridized carbons (Fsp3) is 0.591. The Morgan fingerprint density at radius 1 is 1.28 bits per heavy atom. The quantitative estimate of drug-likeness (QED) is 0.713. The van der Waals surface area contributed by atoms with Crippen molar-refractivity contribution in [2.24, 2.45) is 5.92 Å². The van der Waals surface area contributed by atoms with Gasteiger partial charge in [0.25, 0.3) is 5.91 Å². The van der Waals surface area contributed by atoms with E-state index in [9.17, 15) is 4.79 Å². The summed E-state index contributed by atoms with van der Waals surface area (Å²) in [6.45, 7) is 5.69. The summed E-state index contributed by atoms with van der Waals surface area (Å²) in [5.74, 6) is 0.333. The number of benzene rings is 1. The molecule has 2 aliphatic rings. The van der Waals surface area contributed by atoms with E-state index in [-0.39, 0.29) is 5.91 Å². The maximum absolute atomic E-state index is 13.0. The number of amides is 1. The van der Waals surface area contributed by atoms with Crippen LogP contribution in [0.25, 0.3) is 0 Å². The highest BCUT2D eigenvalue weighted by molar-refractivity contribution is 5.93. The zero-order valence-electron chi connectivity index (χ0n) is 17.3. The zero-order valence-corrected chi connectivity index (χ0v) is 17.3. The van der Waals surface area contributed by atoms with Gasteiger partial charge in [-0.2, -0.15) is 0 Å². The summed E-state index contributed by atoms with van der Waals surface area (Å²) in [5, 5.41) is 7.57. The minimum absolute atomic E-state index is 0.119. The molecule has 29 heavy (non-hydrogen) atoms. The van der Waals surface area contributed by atoms with Crippen LogP contribution in [0.15, 0.2) is 28.9 Å². The van der Waals surface area contributed by atoms with E-state index in [4.69, 9.17) is 9.37 Å². The third-order valence-corrected chi connectivity index (χ3v) is 6.28. The summed E-state index contributed by atoms with van der Waals surface area (Å²) < 4.78 is 9.97. The number of ether oxygens (including phenoxy) is 1. The number of carbonyl (C=O) groups is 1. The van der Waals surface area contributed by atoms with Gasteiger partial charge in [0.2, 0.25) is 0 Å². The van der Waals surface area contributed by atoms with E-state index >= 15 is 0 Å². The number of hydrogen-bond acceptors (Lipinski definition) is 6. The van der Waals surface area contributed by atoms with Crippen molar-refractivity contribution in [1.82, 2.24) is 20.1 Å². The molecule has 0 saturated carbocycles. The van der Waals surface area contributed by atoms with Crippen LogP contribution in [0, 0.1) is 12.8 Å². The molecule has 1 saturated heterocycles. The Morgan fingerprint density at radius 2 is 2.03 bits per heavy atom.